The lowest BCUT2D eigenvalue weighted by Crippen LogP contribution is -2.73. The molecule has 3 aliphatic carbocycles. The lowest BCUT2D eigenvalue weighted by atomic mass is 9.34. The summed E-state index contributed by atoms with van der Waals surface area (Å²) in [5.41, 5.74) is 8.54. The first-order valence-electron chi connectivity index (χ1n) is 36.6. The maximum absolute atomic E-state index is 14.9. The zero-order valence-corrected chi connectivity index (χ0v) is 65.2. The second-order valence-corrected chi connectivity index (χ2v) is 29.6. The number of hydrogen-bond acceptors (Lipinski definition) is 22. The molecule has 594 valence electrons. The summed E-state index contributed by atoms with van der Waals surface area (Å²) in [7, 11) is 0.327. The fourth-order valence-electron chi connectivity index (χ4n) is 14.2. The summed E-state index contributed by atoms with van der Waals surface area (Å²) >= 11 is 18.1. The van der Waals surface area contributed by atoms with Crippen molar-refractivity contribution in [2.75, 3.05) is 160 Å². The Bertz CT molecular complexity index is 4240. The minimum absolute atomic E-state index is 0.0170. The third-order valence-corrected chi connectivity index (χ3v) is 21.1. The fourth-order valence-corrected chi connectivity index (χ4v) is 15.1. The van der Waals surface area contributed by atoms with Crippen molar-refractivity contribution in [2.24, 2.45) is 22.5 Å². The van der Waals surface area contributed by atoms with Crippen LogP contribution in [0.3, 0.4) is 0 Å². The van der Waals surface area contributed by atoms with E-state index in [0.717, 1.165) is 21.9 Å². The van der Waals surface area contributed by atoms with Crippen molar-refractivity contribution in [2.45, 2.75) is 82.9 Å². The molecule has 6 aromatic rings. The minimum atomic E-state index is -2.75. The van der Waals surface area contributed by atoms with Crippen LogP contribution in [0.1, 0.15) is 91.3 Å². The highest BCUT2D eigenvalue weighted by Crippen LogP contribution is 2.75. The van der Waals surface area contributed by atoms with Crippen molar-refractivity contribution in [3.05, 3.63) is 124 Å². The average Bonchev–Trinajstić information content (AvgIpc) is 0.975. The highest BCUT2D eigenvalue weighted by atomic mass is 35.5. The quantitative estimate of drug-likeness (QED) is 0.00774. The Morgan fingerprint density at radius 1 is 0.673 bits per heavy atom. The monoisotopic (exact) mass is 1600 g/mol. The van der Waals surface area contributed by atoms with E-state index in [1.54, 1.807) is 67.1 Å². The molecule has 8 amide bonds. The van der Waals surface area contributed by atoms with Gasteiger partial charge in [-0.15, -0.1) is 23.2 Å². The van der Waals surface area contributed by atoms with Crippen molar-refractivity contribution >= 4 is 130 Å². The first-order valence-corrected chi connectivity index (χ1v) is 39.2. The second-order valence-electron chi connectivity index (χ2n) is 27.9. The molecule has 0 radical (unpaired) electrons. The Balaban J connectivity index is 0.602. The van der Waals surface area contributed by atoms with E-state index >= 15 is 0 Å². The number of alkyl halides is 2. The van der Waals surface area contributed by atoms with E-state index in [9.17, 15) is 48.1 Å². The van der Waals surface area contributed by atoms with Gasteiger partial charge in [0, 0.05) is 118 Å². The van der Waals surface area contributed by atoms with E-state index in [1.807, 2.05) is 48.5 Å². The van der Waals surface area contributed by atoms with Crippen LogP contribution in [-0.4, -0.2) is 234 Å². The predicted octanol–water partition coefficient (Wildman–Crippen LogP) is 8.17. The summed E-state index contributed by atoms with van der Waals surface area (Å²) in [4.78, 5) is 142. The van der Waals surface area contributed by atoms with Gasteiger partial charge in [0.2, 0.25) is 29.5 Å². The number of halogens is 2. The van der Waals surface area contributed by atoms with Crippen molar-refractivity contribution in [3.8, 4) is 11.5 Å². The Hall–Kier alpha value is -8.27. The first-order chi connectivity index (χ1) is 53.1. The van der Waals surface area contributed by atoms with Gasteiger partial charge in [-0.05, 0) is 96.4 Å². The van der Waals surface area contributed by atoms with Gasteiger partial charge < -0.3 is 104 Å². The molecule has 2 bridgehead atoms. The van der Waals surface area contributed by atoms with Gasteiger partial charge in [-0.25, -0.2) is 14.6 Å². The number of amides is 8. The molecule has 9 N–H and O–H groups in total. The van der Waals surface area contributed by atoms with Crippen LogP contribution in [0, 0.1) is 21.5 Å². The summed E-state index contributed by atoms with van der Waals surface area (Å²) < 4.78 is 50.6. The number of hydrogen-bond donors (Lipinski definition) is 8. The number of aromatic amines is 1. The van der Waals surface area contributed by atoms with E-state index in [0.29, 0.717) is 149 Å². The summed E-state index contributed by atoms with van der Waals surface area (Å²) in [6.07, 6.45) is 3.16. The van der Waals surface area contributed by atoms with Gasteiger partial charge in [0.25, 0.3) is 5.91 Å². The van der Waals surface area contributed by atoms with Crippen LogP contribution < -0.4 is 46.1 Å². The third-order valence-electron chi connectivity index (χ3n) is 19.8. The summed E-state index contributed by atoms with van der Waals surface area (Å²) in [6, 6.07) is 22.9. The van der Waals surface area contributed by atoms with Crippen LogP contribution >= 0.6 is 44.0 Å². The number of likely N-dealkylation sites (N-methyl/N-ethyl adjacent to an activating group) is 2. The first kappa shape index (κ1) is 84.2. The van der Waals surface area contributed by atoms with E-state index in [4.69, 9.17) is 83.6 Å². The number of anilines is 3. The molecule has 3 saturated carbocycles. The van der Waals surface area contributed by atoms with E-state index in [-0.39, 0.29) is 118 Å². The summed E-state index contributed by atoms with van der Waals surface area (Å²) in [6.45, 7) is 8.68. The van der Waals surface area contributed by atoms with Crippen LogP contribution in [0.4, 0.5) is 26.7 Å². The Morgan fingerprint density at radius 2 is 1.17 bits per heavy atom. The smallest absolute Gasteiger partial charge is 0.415 e. The van der Waals surface area contributed by atoms with Gasteiger partial charge in [0.1, 0.15) is 30.2 Å². The molecule has 5 aromatic carbocycles. The Labute approximate surface area is 653 Å². The molecule has 5 aliphatic rings. The molecule has 0 spiro atoms. The Kier molecular flexibility index (Phi) is 30.8. The van der Waals surface area contributed by atoms with Crippen LogP contribution in [0.25, 0.3) is 21.5 Å². The van der Waals surface area contributed by atoms with E-state index < -0.39 is 61.4 Å². The molecule has 30 nitrogen and oxygen atoms in total. The maximum atomic E-state index is 14.9. The number of benzene rings is 5. The lowest BCUT2D eigenvalue weighted by Gasteiger charge is -2.69. The number of aromatic nitrogens is 2. The number of nitrogens with one attached hydrogen (secondary N) is 5. The number of nitrogens with zero attached hydrogens (tertiary/aromatic N) is 5. The van der Waals surface area contributed by atoms with Crippen LogP contribution in [0.5, 0.6) is 11.5 Å². The fraction of sp³-hybridized carbons (Fsp3) is 0.500. The molecule has 4 atom stereocenters. The molecule has 1 unspecified atom stereocenters. The van der Waals surface area contributed by atoms with Gasteiger partial charge in [0.15, 0.2) is 4.77 Å². The van der Waals surface area contributed by atoms with Crippen molar-refractivity contribution in [1.29, 1.82) is 0 Å². The van der Waals surface area contributed by atoms with E-state index in [2.05, 4.69) is 31.2 Å². The number of H-pyrrole nitrogens is 1. The zero-order valence-electron chi connectivity index (χ0n) is 62.0. The zero-order chi connectivity index (χ0) is 78.5. The second kappa shape index (κ2) is 40.3. The number of fused-ring (bicyclic) bond motifs is 6. The number of carbonyl (C=O) groups is 8. The number of nitrogens with two attached hydrogens (primary N) is 1. The molecule has 3 heterocycles. The van der Waals surface area contributed by atoms with Crippen molar-refractivity contribution < 1.29 is 90.6 Å². The van der Waals surface area contributed by atoms with Crippen LogP contribution in [-0.2, 0) is 63.7 Å². The Morgan fingerprint density at radius 3 is 1.67 bits per heavy atom. The predicted molar refractivity (Wildman–Crippen MR) is 415 cm³/mol. The third kappa shape index (κ3) is 21.3. The molecule has 0 saturated heterocycles. The van der Waals surface area contributed by atoms with Gasteiger partial charge in [-0.1, -0.05) is 74.5 Å². The molecule has 110 heavy (non-hydrogen) atoms. The highest BCUT2D eigenvalue weighted by molar-refractivity contribution is 7.71. The lowest BCUT2D eigenvalue weighted by molar-refractivity contribution is -0.205. The molecule has 1 aromatic heterocycles. The molecule has 11 rings (SSSR count). The number of ether oxygens (including phenoxy) is 8. The molecule has 2 aliphatic heterocycles. The van der Waals surface area contributed by atoms with Crippen LogP contribution in [0.15, 0.2) is 97.3 Å². The average molecular weight is 1600 g/mol. The van der Waals surface area contributed by atoms with Crippen molar-refractivity contribution in [1.82, 2.24) is 35.7 Å². The molecule has 34 heteroatoms. The minimum Gasteiger partial charge on any atom is -0.445 e. The molecular weight excluding hydrogens is 1500 g/mol. The van der Waals surface area contributed by atoms with Crippen LogP contribution in [0.2, 0.25) is 0 Å². The molecular formula is C76H96Cl2N11O19PS. The van der Waals surface area contributed by atoms with Gasteiger partial charge in [-0.3, -0.25) is 28.8 Å². The SMILES string of the molecule is CC(C)C(NC(=O)CCOCCOCCOCCOCCOCCOCCNC(=O)c1cnc(=S)[nH]c1)C(=O)N[C@@H](CCCN)C(=O)Nc1ccc(COC(=O)N(C)CCN(C)C(=O)Oc2cc3c(c4ccccc24)[C@H](CCl)CN3C(=O)C23CC(C(=O)N4C[C@@H](CCl)c5c4cc(OP(O)O)c4ccccc54)(C2)C3)cc1. The molecule has 3 fully saturated rings. The van der Waals surface area contributed by atoms with E-state index in [1.165, 1.54) is 29.2 Å². The normalized spacial score (nSPS) is 17.9. The maximum Gasteiger partial charge on any atom is 0.415 e. The van der Waals surface area contributed by atoms with Gasteiger partial charge >= 0.3 is 20.8 Å². The summed E-state index contributed by atoms with van der Waals surface area (Å²) in [5.74, 6) is -1.81. The van der Waals surface area contributed by atoms with Gasteiger partial charge in [-0.2, -0.15) is 0 Å². The largest absolute Gasteiger partial charge is 0.445 e. The topological polar surface area (TPSA) is 376 Å². The number of rotatable bonds is 43. The summed E-state index contributed by atoms with van der Waals surface area (Å²) in [5, 5.41) is 14.0. The highest BCUT2D eigenvalue weighted by Gasteiger charge is 2.76. The van der Waals surface area contributed by atoms with Gasteiger partial charge in [0.05, 0.1) is 107 Å². The standard InChI is InChI=1S/C76H96Cl2N11O19PS/c1-48(2)66(85-63(90)19-24-100-26-28-102-30-32-104-34-35-105-33-31-103-29-27-101-25-21-80-67(91)52-40-81-72(110)82-41-52)69(93)84-58(14-9-20-79)68(92)83-53-17-15-49(16-18-53)44-106-73(96)86(3)22-23-87(4)74(97)107-61-36-59-64(56-12-7-5-10-54(56)61)50(38-77)42-88(59)70(94)75-45-76(46-75,47-75)71(95)89-43-51(39-78)65-57-13-8-6-11-55(57)62(37-60(65)89)108-109(98)99/h5-8,10-13,15-18,36-37,40-41,48,50-51,58,66,98-99H,9,14,19-35,38-39,42-47,79H2,1-4H3,(H,80,91)(H,83,92)(H,84,93)(H,85,90)(H,81,82,110)/t50-,51-,58+,66?,75?,76?/m1/s1. The number of carbonyl (C=O) groups excluding carboxylic acids is 8. The van der Waals surface area contributed by atoms with Crippen molar-refractivity contribution in [3.63, 3.8) is 0 Å².